The van der Waals surface area contributed by atoms with Crippen LogP contribution in [0.3, 0.4) is 0 Å². The molecule has 0 aromatic rings. The Morgan fingerprint density at radius 3 is 2.11 bits per heavy atom. The van der Waals surface area contributed by atoms with Gasteiger partial charge < -0.3 is 44.8 Å². The first-order valence-corrected chi connectivity index (χ1v) is 5.89. The lowest BCUT2D eigenvalue weighted by Crippen LogP contribution is -2.59. The highest BCUT2D eigenvalue weighted by atomic mass is 16.7. The largest absolute Gasteiger partial charge is 0.388 e. The van der Waals surface area contributed by atoms with Gasteiger partial charge in [0.15, 0.2) is 12.6 Å². The van der Waals surface area contributed by atoms with E-state index in [4.69, 9.17) is 19.3 Å². The maximum absolute atomic E-state index is 9.68. The first-order valence-electron chi connectivity index (χ1n) is 5.89. The minimum atomic E-state index is -1.55. The van der Waals surface area contributed by atoms with Crippen LogP contribution in [0.1, 0.15) is 0 Å². The van der Waals surface area contributed by atoms with Gasteiger partial charge in [-0.05, 0) is 0 Å². The number of aliphatic hydroxyl groups excluding tert-OH is 6. The molecular weight excluding hydrogens is 264 g/mol. The fraction of sp³-hybridized carbons (Fsp3) is 1.00. The molecule has 2 saturated heterocycles. The summed E-state index contributed by atoms with van der Waals surface area (Å²) in [6, 6.07) is 0. The molecule has 9 nitrogen and oxygen atoms in total. The van der Waals surface area contributed by atoms with Crippen molar-refractivity contribution in [2.75, 3.05) is 13.2 Å². The molecular formula is C10H18O9. The van der Waals surface area contributed by atoms with Gasteiger partial charge in [-0.15, -0.1) is 0 Å². The summed E-state index contributed by atoms with van der Waals surface area (Å²) >= 11 is 0. The van der Waals surface area contributed by atoms with E-state index in [0.29, 0.717) is 0 Å². The van der Waals surface area contributed by atoms with E-state index >= 15 is 0 Å². The molecule has 0 bridgehead atoms. The molecule has 0 aromatic carbocycles. The second-order valence-corrected chi connectivity index (χ2v) is 4.63. The predicted molar refractivity (Wildman–Crippen MR) is 56.6 cm³/mol. The van der Waals surface area contributed by atoms with Crippen molar-refractivity contribution in [2.45, 2.75) is 49.2 Å². The number of hydrogen-bond donors (Lipinski definition) is 6. The van der Waals surface area contributed by atoms with E-state index in [0.717, 1.165) is 0 Å². The second-order valence-electron chi connectivity index (χ2n) is 4.63. The molecule has 6 N–H and O–H groups in total. The van der Waals surface area contributed by atoms with Crippen molar-refractivity contribution in [3.05, 3.63) is 0 Å². The molecule has 2 fully saturated rings. The Hall–Kier alpha value is -0.360. The van der Waals surface area contributed by atoms with E-state index < -0.39 is 49.2 Å². The summed E-state index contributed by atoms with van der Waals surface area (Å²) in [5, 5.41) is 56.6. The Bertz CT molecular complexity index is 273. The first kappa shape index (κ1) is 15.0. The molecule has 2 heterocycles. The summed E-state index contributed by atoms with van der Waals surface area (Å²) < 4.78 is 15.0. The number of rotatable bonds is 2. The van der Waals surface area contributed by atoms with Crippen molar-refractivity contribution < 1.29 is 44.8 Å². The van der Waals surface area contributed by atoms with Gasteiger partial charge in [-0.25, -0.2) is 0 Å². The average molecular weight is 282 g/mol. The van der Waals surface area contributed by atoms with E-state index in [1.807, 2.05) is 0 Å². The first-order chi connectivity index (χ1) is 8.91. The third kappa shape index (κ3) is 3.05. The van der Waals surface area contributed by atoms with Gasteiger partial charge in [-0.1, -0.05) is 0 Å². The fourth-order valence-corrected chi connectivity index (χ4v) is 1.97. The van der Waals surface area contributed by atoms with Crippen LogP contribution in [-0.4, -0.2) is 93.1 Å². The molecule has 19 heavy (non-hydrogen) atoms. The van der Waals surface area contributed by atoms with E-state index in [2.05, 4.69) is 0 Å². The molecule has 2 rings (SSSR count). The van der Waals surface area contributed by atoms with Crippen molar-refractivity contribution in [3.63, 3.8) is 0 Å². The lowest BCUT2D eigenvalue weighted by atomic mass is 10.0. The molecule has 0 aromatic heterocycles. The molecule has 0 amide bonds. The van der Waals surface area contributed by atoms with Gasteiger partial charge in [0.1, 0.15) is 36.6 Å². The van der Waals surface area contributed by atoms with E-state index in [-0.39, 0.29) is 13.2 Å². The molecule has 1 unspecified atom stereocenters. The zero-order valence-corrected chi connectivity index (χ0v) is 9.94. The molecule has 2 aliphatic heterocycles. The summed E-state index contributed by atoms with van der Waals surface area (Å²) in [5.74, 6) is 0. The van der Waals surface area contributed by atoms with Crippen LogP contribution < -0.4 is 0 Å². The van der Waals surface area contributed by atoms with Crippen LogP contribution in [0.2, 0.25) is 0 Å². The van der Waals surface area contributed by atoms with Crippen LogP contribution in [0.4, 0.5) is 0 Å². The number of hydrogen-bond acceptors (Lipinski definition) is 9. The highest BCUT2D eigenvalue weighted by molar-refractivity contribution is 4.87. The van der Waals surface area contributed by atoms with Gasteiger partial charge in [0, 0.05) is 0 Å². The van der Waals surface area contributed by atoms with Gasteiger partial charge >= 0.3 is 0 Å². The number of ether oxygens (including phenoxy) is 3. The average Bonchev–Trinajstić information content (AvgIpc) is 2.39. The molecule has 112 valence electrons. The van der Waals surface area contributed by atoms with E-state index in [1.165, 1.54) is 0 Å². The Kier molecular flexibility index (Phi) is 4.71. The maximum atomic E-state index is 9.68. The topological polar surface area (TPSA) is 149 Å². The quantitative estimate of drug-likeness (QED) is 0.297. The highest BCUT2D eigenvalue weighted by Crippen LogP contribution is 2.22. The summed E-state index contributed by atoms with van der Waals surface area (Å²) in [5.41, 5.74) is 0. The fourth-order valence-electron chi connectivity index (χ4n) is 1.97. The van der Waals surface area contributed by atoms with Gasteiger partial charge in [-0.3, -0.25) is 0 Å². The normalized spacial score (nSPS) is 52.1. The maximum Gasteiger partial charge on any atom is 0.186 e. The molecule has 0 saturated carbocycles. The molecule has 0 aliphatic carbocycles. The Balaban J connectivity index is 1.94. The van der Waals surface area contributed by atoms with Crippen LogP contribution in [-0.2, 0) is 14.2 Å². The van der Waals surface area contributed by atoms with Gasteiger partial charge in [0.2, 0.25) is 0 Å². The second kappa shape index (κ2) is 5.95. The van der Waals surface area contributed by atoms with Crippen molar-refractivity contribution in [1.82, 2.24) is 0 Å². The summed E-state index contributed by atoms with van der Waals surface area (Å²) in [4.78, 5) is 0. The molecule has 0 radical (unpaired) electrons. The smallest absolute Gasteiger partial charge is 0.186 e. The highest BCUT2D eigenvalue weighted by Gasteiger charge is 2.44. The SMILES string of the molecule is OC1OC[C@@H](O[C@H]2OC[C@@H](O)[C@H](O)[C@H]2O)[C@H](O)[C@H]1O. The lowest BCUT2D eigenvalue weighted by molar-refractivity contribution is -0.323. The van der Waals surface area contributed by atoms with E-state index in [1.54, 1.807) is 0 Å². The third-order valence-electron chi connectivity index (χ3n) is 3.22. The van der Waals surface area contributed by atoms with Crippen LogP contribution in [0.5, 0.6) is 0 Å². The predicted octanol–water partition coefficient (Wildman–Crippen LogP) is -4.12. The molecule has 9 heteroatoms. The monoisotopic (exact) mass is 282 g/mol. The zero-order valence-electron chi connectivity index (χ0n) is 9.94. The van der Waals surface area contributed by atoms with Gasteiger partial charge in [0.25, 0.3) is 0 Å². The minimum absolute atomic E-state index is 0.218. The van der Waals surface area contributed by atoms with Crippen LogP contribution in [0, 0.1) is 0 Å². The Morgan fingerprint density at radius 1 is 0.737 bits per heavy atom. The molecule has 8 atom stereocenters. The third-order valence-corrected chi connectivity index (χ3v) is 3.22. The van der Waals surface area contributed by atoms with Crippen molar-refractivity contribution in [3.8, 4) is 0 Å². The van der Waals surface area contributed by atoms with Crippen LogP contribution in [0.15, 0.2) is 0 Å². The van der Waals surface area contributed by atoms with Gasteiger partial charge in [0.05, 0.1) is 13.2 Å². The van der Waals surface area contributed by atoms with Gasteiger partial charge in [-0.2, -0.15) is 0 Å². The number of aliphatic hydroxyl groups is 6. The van der Waals surface area contributed by atoms with Crippen LogP contribution in [0.25, 0.3) is 0 Å². The van der Waals surface area contributed by atoms with Crippen molar-refractivity contribution in [1.29, 1.82) is 0 Å². The van der Waals surface area contributed by atoms with E-state index in [9.17, 15) is 25.5 Å². The Labute approximate surface area is 108 Å². The summed E-state index contributed by atoms with van der Waals surface area (Å²) in [7, 11) is 0. The molecule has 0 spiro atoms. The minimum Gasteiger partial charge on any atom is -0.388 e. The summed E-state index contributed by atoms with van der Waals surface area (Å²) in [6.45, 7) is -0.456. The standard InChI is InChI=1S/C10H18O9/c11-3-1-18-10(8(15)5(3)12)19-4-2-17-9(16)7(14)6(4)13/h3-16H,1-2H2/t3-,4-,5+,6+,7-,8-,9?,10-/m1/s1. The summed E-state index contributed by atoms with van der Waals surface area (Å²) in [6.07, 6.45) is -11.0. The van der Waals surface area contributed by atoms with Crippen molar-refractivity contribution >= 4 is 0 Å². The lowest BCUT2D eigenvalue weighted by Gasteiger charge is -2.40. The Morgan fingerprint density at radius 2 is 1.42 bits per heavy atom. The van der Waals surface area contributed by atoms with Crippen molar-refractivity contribution in [2.24, 2.45) is 0 Å². The molecule has 2 aliphatic rings. The zero-order chi connectivity index (χ0) is 14.2. The van der Waals surface area contributed by atoms with Crippen LogP contribution >= 0.6 is 0 Å².